The van der Waals surface area contributed by atoms with Gasteiger partial charge in [-0.15, -0.1) is 0 Å². The predicted molar refractivity (Wildman–Crippen MR) is 170 cm³/mol. The van der Waals surface area contributed by atoms with E-state index in [4.69, 9.17) is 26.1 Å². The molecule has 0 aliphatic carbocycles. The molecule has 4 aromatic rings. The molecule has 1 aliphatic heterocycles. The summed E-state index contributed by atoms with van der Waals surface area (Å²) in [5, 5.41) is 3.65. The van der Waals surface area contributed by atoms with Crippen molar-refractivity contribution in [2.45, 2.75) is 20.0 Å². The van der Waals surface area contributed by atoms with Gasteiger partial charge in [-0.05, 0) is 105 Å². The van der Waals surface area contributed by atoms with Crippen LogP contribution in [-0.4, -0.2) is 29.6 Å². The van der Waals surface area contributed by atoms with Crippen molar-refractivity contribution in [3.05, 3.63) is 103 Å². The Hall–Kier alpha value is -3.01. The highest BCUT2D eigenvalue weighted by atomic mass is 127. The highest BCUT2D eigenvalue weighted by molar-refractivity contribution is 14.1. The van der Waals surface area contributed by atoms with E-state index in [9.17, 15) is 4.79 Å². The van der Waals surface area contributed by atoms with Gasteiger partial charge in [0.2, 0.25) is 0 Å². The number of aliphatic imine (C=N–C) groups is 1. The molecule has 1 aliphatic rings. The highest BCUT2D eigenvalue weighted by Gasteiger charge is 2.33. The molecule has 39 heavy (non-hydrogen) atoms. The second-order valence-corrected chi connectivity index (χ2v) is 11.5. The van der Waals surface area contributed by atoms with Gasteiger partial charge in [0, 0.05) is 11.6 Å². The Labute approximate surface area is 251 Å². The minimum Gasteiger partial charge on any atom is -0.493 e. The minimum atomic E-state index is -0.0557. The van der Waals surface area contributed by atoms with Crippen molar-refractivity contribution in [3.8, 4) is 11.5 Å². The van der Waals surface area contributed by atoms with Crippen LogP contribution in [-0.2, 0) is 11.4 Å². The number of benzene rings is 4. The summed E-state index contributed by atoms with van der Waals surface area (Å²) in [7, 11) is 1.63. The third kappa shape index (κ3) is 6.26. The first kappa shape index (κ1) is 27.6. The zero-order valence-electron chi connectivity index (χ0n) is 21.5. The van der Waals surface area contributed by atoms with E-state index in [0.717, 1.165) is 26.8 Å². The summed E-state index contributed by atoms with van der Waals surface area (Å²) in [5.74, 6) is 1.24. The number of rotatable bonds is 8. The van der Waals surface area contributed by atoms with Crippen molar-refractivity contribution in [2.24, 2.45) is 4.99 Å². The fraction of sp³-hybridized carbons (Fsp3) is 0.161. The summed E-state index contributed by atoms with van der Waals surface area (Å²) in [4.78, 5) is 20.4. The maximum Gasteiger partial charge on any atom is 0.266 e. The Bertz CT molecular complexity index is 1580. The van der Waals surface area contributed by atoms with Gasteiger partial charge in [0.15, 0.2) is 16.7 Å². The molecule has 1 amide bonds. The van der Waals surface area contributed by atoms with Gasteiger partial charge in [-0.3, -0.25) is 9.69 Å². The van der Waals surface area contributed by atoms with Crippen LogP contribution >= 0.6 is 46.0 Å². The van der Waals surface area contributed by atoms with Crippen LogP contribution < -0.4 is 9.47 Å². The number of amidine groups is 1. The van der Waals surface area contributed by atoms with E-state index >= 15 is 0 Å². The predicted octanol–water partition coefficient (Wildman–Crippen LogP) is 8.70. The Morgan fingerprint density at radius 3 is 2.59 bits per heavy atom. The van der Waals surface area contributed by atoms with Crippen molar-refractivity contribution in [2.75, 3.05) is 13.7 Å². The average Bonchev–Trinajstić information content (AvgIpc) is 3.22. The second-order valence-electron chi connectivity index (χ2n) is 8.90. The molecule has 4 aromatic carbocycles. The maximum atomic E-state index is 13.3. The van der Waals surface area contributed by atoms with Gasteiger partial charge in [0.05, 0.1) is 21.3 Å². The Morgan fingerprint density at radius 1 is 1.05 bits per heavy atom. The molecule has 0 unspecified atom stereocenters. The molecule has 5 nitrogen and oxygen atoms in total. The molecule has 0 saturated carbocycles. The Balaban J connectivity index is 1.41. The van der Waals surface area contributed by atoms with Gasteiger partial charge in [-0.2, -0.15) is 0 Å². The van der Waals surface area contributed by atoms with E-state index in [0.29, 0.717) is 39.7 Å². The zero-order chi connectivity index (χ0) is 27.4. The smallest absolute Gasteiger partial charge is 0.266 e. The number of hydrogen-bond acceptors (Lipinski definition) is 5. The molecule has 1 fully saturated rings. The van der Waals surface area contributed by atoms with Crippen LogP contribution in [0.15, 0.2) is 88.8 Å². The van der Waals surface area contributed by atoms with Crippen LogP contribution in [0, 0.1) is 3.57 Å². The van der Waals surface area contributed by atoms with E-state index < -0.39 is 0 Å². The monoisotopic (exact) mass is 668 g/mol. The molecule has 0 spiro atoms. The molecule has 5 rings (SSSR count). The van der Waals surface area contributed by atoms with Crippen molar-refractivity contribution in [1.29, 1.82) is 0 Å². The number of methoxy groups -OCH3 is 1. The summed E-state index contributed by atoms with van der Waals surface area (Å²) in [6.45, 7) is 3.06. The van der Waals surface area contributed by atoms with Crippen LogP contribution in [0.1, 0.15) is 24.5 Å². The normalized spacial score (nSPS) is 15.5. The SMILES string of the molecule is CCCN1C(=O)/C(=C/c2cc(I)c(OCc3cccc4ccccc34)c(OC)c2)SC1=Nc1ccc(Cl)cc1. The summed E-state index contributed by atoms with van der Waals surface area (Å²) >= 11 is 9.65. The number of halogens is 2. The molecule has 1 heterocycles. The fourth-order valence-corrected chi connectivity index (χ4v) is 6.25. The van der Waals surface area contributed by atoms with Gasteiger partial charge >= 0.3 is 0 Å². The fourth-order valence-electron chi connectivity index (χ4n) is 4.32. The topological polar surface area (TPSA) is 51.1 Å². The molecular formula is C31H26ClIN2O3S. The van der Waals surface area contributed by atoms with Crippen LogP contribution in [0.2, 0.25) is 5.02 Å². The number of hydrogen-bond donors (Lipinski definition) is 0. The minimum absolute atomic E-state index is 0.0557. The average molecular weight is 669 g/mol. The van der Waals surface area contributed by atoms with E-state index in [1.54, 1.807) is 24.1 Å². The lowest BCUT2D eigenvalue weighted by molar-refractivity contribution is -0.122. The third-order valence-electron chi connectivity index (χ3n) is 6.19. The molecule has 8 heteroatoms. The lowest BCUT2D eigenvalue weighted by Crippen LogP contribution is -2.29. The molecule has 0 aromatic heterocycles. The van der Waals surface area contributed by atoms with E-state index in [-0.39, 0.29) is 5.91 Å². The largest absolute Gasteiger partial charge is 0.493 e. The molecule has 0 N–H and O–H groups in total. The number of fused-ring (bicyclic) bond motifs is 1. The van der Waals surface area contributed by atoms with E-state index in [1.807, 2.05) is 55.5 Å². The van der Waals surface area contributed by atoms with Crippen molar-refractivity contribution in [3.63, 3.8) is 0 Å². The lowest BCUT2D eigenvalue weighted by atomic mass is 10.1. The molecule has 1 saturated heterocycles. The third-order valence-corrected chi connectivity index (χ3v) is 8.25. The molecule has 0 radical (unpaired) electrons. The molecular weight excluding hydrogens is 643 g/mol. The van der Waals surface area contributed by atoms with Crippen LogP contribution in [0.25, 0.3) is 16.8 Å². The summed E-state index contributed by atoms with van der Waals surface area (Å²) in [6, 6.07) is 25.7. The van der Waals surface area contributed by atoms with Crippen molar-refractivity contribution >= 4 is 79.6 Å². The van der Waals surface area contributed by atoms with Gasteiger partial charge < -0.3 is 9.47 Å². The number of ether oxygens (including phenoxy) is 2. The first-order chi connectivity index (χ1) is 19.0. The highest BCUT2D eigenvalue weighted by Crippen LogP contribution is 2.38. The van der Waals surface area contributed by atoms with Crippen LogP contribution in [0.4, 0.5) is 5.69 Å². The van der Waals surface area contributed by atoms with E-state index in [2.05, 4.69) is 46.9 Å². The van der Waals surface area contributed by atoms with Crippen molar-refractivity contribution < 1.29 is 14.3 Å². The summed E-state index contributed by atoms with van der Waals surface area (Å²) < 4.78 is 12.9. The first-order valence-corrected chi connectivity index (χ1v) is 14.8. The standard InChI is InChI=1S/C31H26ClIN2O3S/c1-3-15-35-30(36)28(39-31(35)34-24-13-11-23(32)12-14-24)18-20-16-26(33)29(27(17-20)37-2)38-19-22-9-6-8-21-7-4-5-10-25(21)22/h4-14,16-18H,3,15,19H2,1-2H3/b28-18-,34-31?. The molecule has 0 bridgehead atoms. The van der Waals surface area contributed by atoms with Crippen LogP contribution in [0.3, 0.4) is 0 Å². The number of carbonyl (C=O) groups is 1. The van der Waals surface area contributed by atoms with Gasteiger partial charge in [-0.25, -0.2) is 4.99 Å². The van der Waals surface area contributed by atoms with E-state index in [1.165, 1.54) is 22.5 Å². The summed E-state index contributed by atoms with van der Waals surface area (Å²) in [6.07, 6.45) is 2.72. The number of thioether (sulfide) groups is 1. The summed E-state index contributed by atoms with van der Waals surface area (Å²) in [5.41, 5.74) is 2.71. The Morgan fingerprint density at radius 2 is 1.82 bits per heavy atom. The number of carbonyl (C=O) groups excluding carboxylic acids is 1. The zero-order valence-corrected chi connectivity index (χ0v) is 25.2. The van der Waals surface area contributed by atoms with Crippen LogP contribution in [0.5, 0.6) is 11.5 Å². The quantitative estimate of drug-likeness (QED) is 0.139. The van der Waals surface area contributed by atoms with Crippen molar-refractivity contribution in [1.82, 2.24) is 4.90 Å². The number of amides is 1. The molecule has 0 atom stereocenters. The molecule has 198 valence electrons. The van der Waals surface area contributed by atoms with Gasteiger partial charge in [0.1, 0.15) is 6.61 Å². The lowest BCUT2D eigenvalue weighted by Gasteiger charge is -2.15. The Kier molecular flexibility index (Phi) is 8.79. The van der Waals surface area contributed by atoms with Gasteiger partial charge in [0.25, 0.3) is 5.91 Å². The first-order valence-electron chi connectivity index (χ1n) is 12.5. The van der Waals surface area contributed by atoms with Gasteiger partial charge in [-0.1, -0.05) is 61.0 Å². The second kappa shape index (κ2) is 12.4. The number of nitrogens with zero attached hydrogens (tertiary/aromatic N) is 2. The maximum absolute atomic E-state index is 13.3.